The van der Waals surface area contributed by atoms with Gasteiger partial charge >= 0.3 is 0 Å². The van der Waals surface area contributed by atoms with E-state index in [-0.39, 0.29) is 12.5 Å². The molecule has 1 heterocycles. The Morgan fingerprint density at radius 1 is 0.538 bits per heavy atom. The van der Waals surface area contributed by atoms with Gasteiger partial charge in [-0.1, -0.05) is 207 Å². The van der Waals surface area contributed by atoms with Crippen LogP contribution in [0, 0.1) is 0 Å². The van der Waals surface area contributed by atoms with Crippen LogP contribution in [0.2, 0.25) is 0 Å². The van der Waals surface area contributed by atoms with Crippen LogP contribution in [-0.4, -0.2) is 87.5 Å². The number of rotatable bonds is 42. The van der Waals surface area contributed by atoms with E-state index in [0.29, 0.717) is 12.8 Å². The van der Waals surface area contributed by atoms with Crippen molar-refractivity contribution < 1.29 is 39.8 Å². The molecule has 65 heavy (non-hydrogen) atoms. The van der Waals surface area contributed by atoms with E-state index in [1.54, 1.807) is 0 Å². The molecule has 6 N–H and O–H groups in total. The molecule has 1 amide bonds. The maximum Gasteiger partial charge on any atom is 0.220 e. The summed E-state index contributed by atoms with van der Waals surface area (Å²) < 4.78 is 11.2. The Hall–Kier alpha value is -2.89. The average Bonchev–Trinajstić information content (AvgIpc) is 3.31. The highest BCUT2D eigenvalue weighted by Crippen LogP contribution is 2.23. The fraction of sp³-hybridized carbons (Fsp3) is 0.696. The fourth-order valence-electron chi connectivity index (χ4n) is 7.59. The lowest BCUT2D eigenvalue weighted by Gasteiger charge is -2.40. The van der Waals surface area contributed by atoms with Gasteiger partial charge < -0.3 is 40.3 Å². The lowest BCUT2D eigenvalue weighted by Crippen LogP contribution is -2.60. The van der Waals surface area contributed by atoms with Gasteiger partial charge in [0.25, 0.3) is 0 Å². The summed E-state index contributed by atoms with van der Waals surface area (Å²) in [4.78, 5) is 13.0. The van der Waals surface area contributed by atoms with Crippen LogP contribution in [0.25, 0.3) is 0 Å². The van der Waals surface area contributed by atoms with E-state index >= 15 is 0 Å². The Morgan fingerprint density at radius 3 is 1.42 bits per heavy atom. The highest BCUT2D eigenvalue weighted by atomic mass is 16.7. The number of hydrogen-bond donors (Lipinski definition) is 6. The highest BCUT2D eigenvalue weighted by molar-refractivity contribution is 5.76. The van der Waals surface area contributed by atoms with Crippen LogP contribution in [0.5, 0.6) is 0 Å². The Kier molecular flexibility index (Phi) is 41.6. The minimum atomic E-state index is -1.56. The highest BCUT2D eigenvalue weighted by Gasteiger charge is 2.44. The summed E-state index contributed by atoms with van der Waals surface area (Å²) in [5, 5.41) is 54.3. The molecule has 1 aliphatic rings. The SMILES string of the molecule is CC/C=C\C/C=C\C/C=C\C/C=C\C/C=C\C/C=C\C/C=C\C/C=C\CCCCCCCCCCC(=O)NC(COC1OC(CO)C(O)C(O)C1O)C(O)CCCCCCCCCCC. The molecule has 1 aliphatic heterocycles. The summed E-state index contributed by atoms with van der Waals surface area (Å²) >= 11 is 0. The van der Waals surface area contributed by atoms with Gasteiger partial charge in [-0.05, 0) is 77.0 Å². The van der Waals surface area contributed by atoms with Crippen LogP contribution in [0.3, 0.4) is 0 Å². The van der Waals surface area contributed by atoms with Crippen molar-refractivity contribution in [2.24, 2.45) is 0 Å². The average molecular weight is 910 g/mol. The molecule has 9 nitrogen and oxygen atoms in total. The number of carbonyl (C=O) groups is 1. The van der Waals surface area contributed by atoms with Gasteiger partial charge in [-0.2, -0.15) is 0 Å². The van der Waals surface area contributed by atoms with E-state index < -0.39 is 49.5 Å². The van der Waals surface area contributed by atoms with E-state index in [4.69, 9.17) is 9.47 Å². The molecule has 372 valence electrons. The van der Waals surface area contributed by atoms with Crippen LogP contribution in [0.15, 0.2) is 97.2 Å². The van der Waals surface area contributed by atoms with E-state index in [1.165, 1.54) is 64.2 Å². The lowest BCUT2D eigenvalue weighted by atomic mass is 9.99. The molecular formula is C56H95NO8. The van der Waals surface area contributed by atoms with Gasteiger partial charge in [0.15, 0.2) is 6.29 Å². The first-order valence-electron chi connectivity index (χ1n) is 25.9. The van der Waals surface area contributed by atoms with Crippen molar-refractivity contribution >= 4 is 5.91 Å². The Bertz CT molecular complexity index is 1330. The van der Waals surface area contributed by atoms with E-state index in [1.807, 2.05) is 0 Å². The van der Waals surface area contributed by atoms with Gasteiger partial charge in [0.05, 0.1) is 25.4 Å². The van der Waals surface area contributed by atoms with Crippen LogP contribution >= 0.6 is 0 Å². The lowest BCUT2D eigenvalue weighted by molar-refractivity contribution is -0.302. The van der Waals surface area contributed by atoms with Crippen molar-refractivity contribution in [2.45, 2.75) is 236 Å². The number of aliphatic hydroxyl groups is 5. The van der Waals surface area contributed by atoms with E-state index in [0.717, 1.165) is 103 Å². The van der Waals surface area contributed by atoms with Crippen molar-refractivity contribution in [3.8, 4) is 0 Å². The van der Waals surface area contributed by atoms with Crippen molar-refractivity contribution in [3.63, 3.8) is 0 Å². The molecule has 1 fully saturated rings. The second kappa shape index (κ2) is 44.9. The summed E-state index contributed by atoms with van der Waals surface area (Å²) in [6.07, 6.45) is 57.2. The van der Waals surface area contributed by atoms with E-state index in [9.17, 15) is 30.3 Å². The molecule has 0 aromatic carbocycles. The Morgan fingerprint density at radius 2 is 0.954 bits per heavy atom. The second-order valence-electron chi connectivity index (χ2n) is 17.6. The number of unbranched alkanes of at least 4 members (excludes halogenated alkanes) is 16. The molecule has 1 rings (SSSR count). The molecule has 1 saturated heterocycles. The molecule has 0 spiro atoms. The smallest absolute Gasteiger partial charge is 0.220 e. The molecule has 7 unspecified atom stereocenters. The first kappa shape index (κ1) is 60.1. The number of nitrogens with one attached hydrogen (secondary N) is 1. The standard InChI is InChI=1S/C56H95NO8/c1-3-5-7-9-11-13-14-15-16-17-18-19-20-21-22-23-24-25-26-27-28-29-30-31-32-33-34-35-36-38-40-42-44-46-52(60)57-49(50(59)45-43-41-39-37-12-10-8-6-4-2)48-64-56-55(63)54(62)53(61)51(47-58)65-56/h5,7,11,13,15-16,18-19,21-22,24-25,27-28,30-31,49-51,53-56,58-59,61-63H,3-4,6,8-10,12,14,17,20,23,26,29,32-48H2,1-2H3,(H,57,60)/b7-5-,13-11-,16-15-,19-18-,22-21-,25-24-,28-27-,31-30-. The molecular weight excluding hydrogens is 815 g/mol. The third-order valence-corrected chi connectivity index (χ3v) is 11.7. The van der Waals surface area contributed by atoms with Crippen molar-refractivity contribution in [1.29, 1.82) is 0 Å². The predicted octanol–water partition coefficient (Wildman–Crippen LogP) is 12.1. The van der Waals surface area contributed by atoms with Crippen LogP contribution in [0.1, 0.15) is 194 Å². The molecule has 9 heteroatoms. The van der Waals surface area contributed by atoms with Crippen LogP contribution in [0.4, 0.5) is 0 Å². The third kappa shape index (κ3) is 35.0. The summed E-state index contributed by atoms with van der Waals surface area (Å²) in [5.74, 6) is -0.160. The summed E-state index contributed by atoms with van der Waals surface area (Å²) in [7, 11) is 0. The second-order valence-corrected chi connectivity index (χ2v) is 17.6. The first-order chi connectivity index (χ1) is 31.8. The molecule has 0 saturated carbocycles. The Labute approximate surface area is 396 Å². The zero-order chi connectivity index (χ0) is 47.3. The van der Waals surface area contributed by atoms with E-state index in [2.05, 4.69) is 116 Å². The Balaban J connectivity index is 2.17. The topological polar surface area (TPSA) is 149 Å². The molecule has 0 aromatic rings. The quantitative estimate of drug-likeness (QED) is 0.0262. The fourth-order valence-corrected chi connectivity index (χ4v) is 7.59. The number of allylic oxidation sites excluding steroid dienone is 16. The monoisotopic (exact) mass is 910 g/mol. The molecule has 0 aromatic heterocycles. The minimum absolute atomic E-state index is 0.147. The van der Waals surface area contributed by atoms with Gasteiger partial charge in [-0.3, -0.25) is 4.79 Å². The molecule has 0 bridgehead atoms. The maximum atomic E-state index is 13.0. The third-order valence-electron chi connectivity index (χ3n) is 11.7. The van der Waals surface area contributed by atoms with Gasteiger partial charge in [-0.25, -0.2) is 0 Å². The van der Waals surface area contributed by atoms with Gasteiger partial charge in [0.2, 0.25) is 5.91 Å². The van der Waals surface area contributed by atoms with Crippen molar-refractivity contribution in [2.75, 3.05) is 13.2 Å². The number of hydrogen-bond acceptors (Lipinski definition) is 8. The van der Waals surface area contributed by atoms with Gasteiger partial charge in [0.1, 0.15) is 24.4 Å². The maximum absolute atomic E-state index is 13.0. The molecule has 7 atom stereocenters. The zero-order valence-corrected chi connectivity index (χ0v) is 41.0. The summed E-state index contributed by atoms with van der Waals surface area (Å²) in [6.45, 7) is 3.67. The van der Waals surface area contributed by atoms with Gasteiger partial charge in [0, 0.05) is 6.42 Å². The van der Waals surface area contributed by atoms with Crippen LogP contribution in [-0.2, 0) is 14.3 Å². The summed E-state index contributed by atoms with van der Waals surface area (Å²) in [6, 6.07) is -0.728. The summed E-state index contributed by atoms with van der Waals surface area (Å²) in [5.41, 5.74) is 0. The molecule has 0 aliphatic carbocycles. The molecule has 0 radical (unpaired) electrons. The number of carbonyl (C=O) groups excluding carboxylic acids is 1. The van der Waals surface area contributed by atoms with Gasteiger partial charge in [-0.15, -0.1) is 0 Å². The number of amides is 1. The minimum Gasteiger partial charge on any atom is -0.394 e. The number of aliphatic hydroxyl groups excluding tert-OH is 5. The van der Waals surface area contributed by atoms with Crippen molar-refractivity contribution in [1.82, 2.24) is 5.32 Å². The predicted molar refractivity (Wildman–Crippen MR) is 271 cm³/mol. The largest absolute Gasteiger partial charge is 0.394 e. The first-order valence-corrected chi connectivity index (χ1v) is 25.9. The zero-order valence-electron chi connectivity index (χ0n) is 41.0. The normalized spacial score (nSPS) is 20.8. The number of ether oxygens (including phenoxy) is 2. The van der Waals surface area contributed by atoms with Crippen LogP contribution < -0.4 is 5.32 Å². The van der Waals surface area contributed by atoms with Crippen molar-refractivity contribution in [3.05, 3.63) is 97.2 Å².